The molecule has 2 heterocycles. The van der Waals surface area contributed by atoms with Crippen molar-refractivity contribution in [2.45, 2.75) is 6.42 Å². The molecule has 1 amide bonds. The van der Waals surface area contributed by atoms with Gasteiger partial charge in [-0.2, -0.15) is 0 Å². The molecule has 0 saturated carbocycles. The minimum Gasteiger partial charge on any atom is -0.395 e. The van der Waals surface area contributed by atoms with E-state index in [2.05, 4.69) is 9.88 Å². The summed E-state index contributed by atoms with van der Waals surface area (Å²) in [6.45, 7) is 3.89. The van der Waals surface area contributed by atoms with E-state index in [1.54, 1.807) is 23.1 Å². The number of carbonyl (C=O) groups is 1. The first-order chi connectivity index (χ1) is 9.20. The first-order valence-corrected chi connectivity index (χ1v) is 6.83. The van der Waals surface area contributed by atoms with E-state index in [9.17, 15) is 4.79 Å². The van der Waals surface area contributed by atoms with E-state index in [4.69, 9.17) is 16.7 Å². The summed E-state index contributed by atoms with van der Waals surface area (Å²) in [5.41, 5.74) is 0.392. The highest BCUT2D eigenvalue weighted by Crippen LogP contribution is 2.10. The molecule has 6 heteroatoms. The molecule has 2 rings (SSSR count). The average molecular weight is 284 g/mol. The largest absolute Gasteiger partial charge is 0.395 e. The fourth-order valence-corrected chi connectivity index (χ4v) is 2.39. The van der Waals surface area contributed by atoms with Crippen molar-refractivity contribution in [1.29, 1.82) is 0 Å². The molecule has 104 valence electrons. The average Bonchev–Trinajstić information content (AvgIpc) is 2.64. The van der Waals surface area contributed by atoms with Crippen molar-refractivity contribution in [3.8, 4) is 0 Å². The molecule has 0 radical (unpaired) electrons. The first-order valence-electron chi connectivity index (χ1n) is 6.46. The lowest BCUT2D eigenvalue weighted by Crippen LogP contribution is -2.36. The summed E-state index contributed by atoms with van der Waals surface area (Å²) in [7, 11) is 0. The van der Waals surface area contributed by atoms with Crippen LogP contribution in [0.25, 0.3) is 0 Å². The van der Waals surface area contributed by atoms with Crippen molar-refractivity contribution >= 4 is 17.5 Å². The number of hydrogen-bond donors (Lipinski definition) is 1. The van der Waals surface area contributed by atoms with E-state index in [0.717, 1.165) is 26.1 Å². The molecule has 0 bridgehead atoms. The molecule has 0 unspecified atom stereocenters. The van der Waals surface area contributed by atoms with Crippen LogP contribution in [0.2, 0.25) is 5.15 Å². The molecular weight excluding hydrogens is 266 g/mol. The van der Waals surface area contributed by atoms with Crippen LogP contribution in [0.3, 0.4) is 0 Å². The van der Waals surface area contributed by atoms with Crippen LogP contribution in [-0.2, 0) is 0 Å². The summed E-state index contributed by atoms with van der Waals surface area (Å²) >= 11 is 5.81. The summed E-state index contributed by atoms with van der Waals surface area (Å²) in [6.07, 6.45) is 0.909. The van der Waals surface area contributed by atoms with Crippen LogP contribution < -0.4 is 0 Å². The number of β-amino-alcohol motifs (C(OH)–C–C–N with tert-alkyl or cyclic N) is 1. The number of aliphatic hydroxyl groups excluding tert-OH is 1. The van der Waals surface area contributed by atoms with Gasteiger partial charge in [-0.1, -0.05) is 17.7 Å². The van der Waals surface area contributed by atoms with Gasteiger partial charge in [0, 0.05) is 26.2 Å². The van der Waals surface area contributed by atoms with Gasteiger partial charge in [0.15, 0.2) is 0 Å². The zero-order chi connectivity index (χ0) is 13.7. The van der Waals surface area contributed by atoms with E-state index < -0.39 is 0 Å². The normalized spacial score (nSPS) is 17.3. The van der Waals surface area contributed by atoms with Crippen molar-refractivity contribution < 1.29 is 9.90 Å². The number of halogens is 1. The number of carbonyl (C=O) groups excluding carboxylic acids is 1. The lowest BCUT2D eigenvalue weighted by Gasteiger charge is -2.21. The second kappa shape index (κ2) is 6.84. The molecule has 1 aromatic heterocycles. The highest BCUT2D eigenvalue weighted by molar-refractivity contribution is 6.29. The second-order valence-corrected chi connectivity index (χ2v) is 4.94. The van der Waals surface area contributed by atoms with Crippen LogP contribution in [0.5, 0.6) is 0 Å². The Kier molecular flexibility index (Phi) is 5.13. The molecule has 1 aliphatic rings. The van der Waals surface area contributed by atoms with Gasteiger partial charge in [0.2, 0.25) is 0 Å². The van der Waals surface area contributed by atoms with Gasteiger partial charge in [0.25, 0.3) is 5.91 Å². The van der Waals surface area contributed by atoms with Gasteiger partial charge >= 0.3 is 0 Å². The van der Waals surface area contributed by atoms with Crippen molar-refractivity contribution in [2.75, 3.05) is 39.3 Å². The molecule has 5 nitrogen and oxygen atoms in total. The second-order valence-electron chi connectivity index (χ2n) is 4.56. The zero-order valence-corrected chi connectivity index (χ0v) is 11.5. The Morgan fingerprint density at radius 2 is 2.16 bits per heavy atom. The first kappa shape index (κ1) is 14.2. The Labute approximate surface area is 117 Å². The van der Waals surface area contributed by atoms with Crippen LogP contribution in [-0.4, -0.2) is 65.1 Å². The molecule has 1 aromatic rings. The third-order valence-electron chi connectivity index (χ3n) is 3.23. The van der Waals surface area contributed by atoms with E-state index in [-0.39, 0.29) is 12.5 Å². The Hall–Kier alpha value is -1.17. The monoisotopic (exact) mass is 283 g/mol. The quantitative estimate of drug-likeness (QED) is 0.837. The van der Waals surface area contributed by atoms with Crippen molar-refractivity contribution in [2.24, 2.45) is 0 Å². The number of nitrogens with zero attached hydrogens (tertiary/aromatic N) is 3. The van der Waals surface area contributed by atoms with E-state index in [1.165, 1.54) is 0 Å². The Balaban J connectivity index is 2.00. The highest BCUT2D eigenvalue weighted by Gasteiger charge is 2.20. The molecule has 1 saturated heterocycles. The van der Waals surface area contributed by atoms with Crippen LogP contribution >= 0.6 is 11.6 Å². The standard InChI is InChI=1S/C13H18ClN3O2/c14-12-4-1-3-11(15-12)13(19)17-6-2-5-16(7-8-17)9-10-18/h1,3-4,18H,2,5-10H2. The van der Waals surface area contributed by atoms with Crippen LogP contribution in [0.1, 0.15) is 16.9 Å². The summed E-state index contributed by atoms with van der Waals surface area (Å²) in [6, 6.07) is 5.08. The van der Waals surface area contributed by atoms with Crippen molar-refractivity contribution in [1.82, 2.24) is 14.8 Å². The number of amides is 1. The zero-order valence-electron chi connectivity index (χ0n) is 10.8. The van der Waals surface area contributed by atoms with E-state index in [1.807, 2.05) is 0 Å². The minimum atomic E-state index is -0.0756. The van der Waals surface area contributed by atoms with Gasteiger partial charge in [-0.15, -0.1) is 0 Å². The molecule has 19 heavy (non-hydrogen) atoms. The third-order valence-corrected chi connectivity index (χ3v) is 3.44. The fourth-order valence-electron chi connectivity index (χ4n) is 2.23. The maximum Gasteiger partial charge on any atom is 0.272 e. The maximum atomic E-state index is 12.3. The number of pyridine rings is 1. The topological polar surface area (TPSA) is 56.7 Å². The predicted octanol–water partition coefficient (Wildman–Crippen LogP) is 0.875. The van der Waals surface area contributed by atoms with E-state index in [0.29, 0.717) is 23.9 Å². The number of aliphatic hydroxyl groups is 1. The van der Waals surface area contributed by atoms with Crippen LogP contribution in [0.15, 0.2) is 18.2 Å². The van der Waals surface area contributed by atoms with Gasteiger partial charge in [0.1, 0.15) is 10.8 Å². The SMILES string of the molecule is O=C(c1cccc(Cl)n1)N1CCCN(CCO)CC1. The predicted molar refractivity (Wildman–Crippen MR) is 73.3 cm³/mol. The summed E-state index contributed by atoms with van der Waals surface area (Å²) in [5.74, 6) is -0.0756. The summed E-state index contributed by atoms with van der Waals surface area (Å²) in [4.78, 5) is 20.3. The molecular formula is C13H18ClN3O2. The molecule has 1 fully saturated rings. The Morgan fingerprint density at radius 3 is 2.89 bits per heavy atom. The van der Waals surface area contributed by atoms with Gasteiger partial charge in [0.05, 0.1) is 6.61 Å². The molecule has 1 aliphatic heterocycles. The third kappa shape index (κ3) is 3.89. The summed E-state index contributed by atoms with van der Waals surface area (Å²) in [5, 5.41) is 9.28. The maximum absolute atomic E-state index is 12.3. The number of hydrogen-bond acceptors (Lipinski definition) is 4. The summed E-state index contributed by atoms with van der Waals surface area (Å²) < 4.78 is 0. The van der Waals surface area contributed by atoms with Crippen molar-refractivity contribution in [3.63, 3.8) is 0 Å². The number of rotatable bonds is 3. The van der Waals surface area contributed by atoms with Gasteiger partial charge in [-0.25, -0.2) is 4.98 Å². The fraction of sp³-hybridized carbons (Fsp3) is 0.538. The lowest BCUT2D eigenvalue weighted by molar-refractivity contribution is 0.0754. The van der Waals surface area contributed by atoms with Gasteiger partial charge in [-0.05, 0) is 25.1 Å². The highest BCUT2D eigenvalue weighted by atomic mass is 35.5. The van der Waals surface area contributed by atoms with Gasteiger partial charge < -0.3 is 10.0 Å². The Bertz CT molecular complexity index is 442. The van der Waals surface area contributed by atoms with E-state index >= 15 is 0 Å². The van der Waals surface area contributed by atoms with Crippen LogP contribution in [0.4, 0.5) is 0 Å². The van der Waals surface area contributed by atoms with Crippen molar-refractivity contribution in [3.05, 3.63) is 29.0 Å². The molecule has 1 N–H and O–H groups in total. The number of aromatic nitrogens is 1. The smallest absolute Gasteiger partial charge is 0.272 e. The van der Waals surface area contributed by atoms with Crippen LogP contribution in [0, 0.1) is 0 Å². The van der Waals surface area contributed by atoms with Gasteiger partial charge in [-0.3, -0.25) is 9.69 Å². The Morgan fingerprint density at radius 1 is 1.32 bits per heavy atom. The molecule has 0 atom stereocenters. The lowest BCUT2D eigenvalue weighted by atomic mass is 10.3. The molecule has 0 aliphatic carbocycles. The molecule has 0 spiro atoms. The minimum absolute atomic E-state index is 0.0756. The molecule has 0 aromatic carbocycles.